The van der Waals surface area contributed by atoms with Crippen LogP contribution < -0.4 is 10.9 Å². The van der Waals surface area contributed by atoms with Crippen LogP contribution in [0.5, 0.6) is 0 Å². The predicted octanol–water partition coefficient (Wildman–Crippen LogP) is 0.762. The monoisotopic (exact) mass is 266 g/mol. The number of rotatable bonds is 7. The molecule has 0 aliphatic heterocycles. The van der Waals surface area contributed by atoms with Gasteiger partial charge in [0.05, 0.1) is 0 Å². The Balaban J connectivity index is 2.47. The fraction of sp³-hybridized carbons (Fsp3) is 0.571. The van der Waals surface area contributed by atoms with Crippen LogP contribution >= 0.6 is 0 Å². The molecule has 0 aromatic carbocycles. The van der Waals surface area contributed by atoms with Crippen LogP contribution in [0.1, 0.15) is 26.7 Å². The molecule has 1 amide bonds. The number of aromatic nitrogens is 1. The second kappa shape index (κ2) is 7.74. The molecular formula is C14H22N2O3. The van der Waals surface area contributed by atoms with Crippen LogP contribution in [0.25, 0.3) is 0 Å². The van der Waals surface area contributed by atoms with Crippen LogP contribution in [0.4, 0.5) is 0 Å². The highest BCUT2D eigenvalue weighted by molar-refractivity contribution is 5.76. The maximum absolute atomic E-state index is 11.8. The third kappa shape index (κ3) is 5.26. The van der Waals surface area contributed by atoms with E-state index in [0.29, 0.717) is 13.0 Å². The maximum Gasteiger partial charge on any atom is 0.250 e. The molecular weight excluding hydrogens is 244 g/mol. The molecule has 0 aliphatic carbocycles. The lowest BCUT2D eigenvalue weighted by Gasteiger charge is -2.21. The first kappa shape index (κ1) is 15.4. The number of nitrogens with zero attached hydrogens (tertiary/aromatic N) is 1. The van der Waals surface area contributed by atoms with E-state index >= 15 is 0 Å². The minimum Gasteiger partial charge on any atom is -0.396 e. The Kier molecular flexibility index (Phi) is 6.29. The highest BCUT2D eigenvalue weighted by Gasteiger charge is 2.15. The number of aliphatic hydroxyl groups is 1. The summed E-state index contributed by atoms with van der Waals surface area (Å²) in [5.41, 5.74) is -0.105. The van der Waals surface area contributed by atoms with Crippen molar-refractivity contribution in [1.29, 1.82) is 0 Å². The van der Waals surface area contributed by atoms with E-state index in [9.17, 15) is 9.59 Å². The molecule has 0 saturated heterocycles. The summed E-state index contributed by atoms with van der Waals surface area (Å²) in [6.45, 7) is 4.43. The summed E-state index contributed by atoms with van der Waals surface area (Å²) >= 11 is 0. The fourth-order valence-corrected chi connectivity index (χ4v) is 1.86. The lowest BCUT2D eigenvalue weighted by atomic mass is 10.0. The molecule has 106 valence electrons. The SMILES string of the molecule is CC(C)C(CCO)NC(=O)CCn1ccccc1=O. The quantitative estimate of drug-likeness (QED) is 0.765. The third-order valence-corrected chi connectivity index (χ3v) is 3.07. The van der Waals surface area contributed by atoms with Crippen LogP contribution in [0.2, 0.25) is 0 Å². The number of carbonyl (C=O) groups excluding carboxylic acids is 1. The van der Waals surface area contributed by atoms with Crippen LogP contribution in [-0.4, -0.2) is 28.2 Å². The molecule has 0 aliphatic rings. The van der Waals surface area contributed by atoms with Gasteiger partial charge in [-0.25, -0.2) is 0 Å². The number of hydrogen-bond acceptors (Lipinski definition) is 3. The van der Waals surface area contributed by atoms with Crippen molar-refractivity contribution >= 4 is 5.91 Å². The Morgan fingerprint density at radius 2 is 2.16 bits per heavy atom. The summed E-state index contributed by atoms with van der Waals surface area (Å²) in [7, 11) is 0. The number of carbonyl (C=O) groups is 1. The normalized spacial score (nSPS) is 12.4. The van der Waals surface area contributed by atoms with E-state index < -0.39 is 0 Å². The first-order chi connectivity index (χ1) is 9.04. The van der Waals surface area contributed by atoms with Crippen LogP contribution in [-0.2, 0) is 11.3 Å². The van der Waals surface area contributed by atoms with E-state index in [1.165, 1.54) is 10.6 Å². The van der Waals surface area contributed by atoms with Gasteiger partial charge in [0.25, 0.3) is 5.56 Å². The van der Waals surface area contributed by atoms with Gasteiger partial charge in [0.15, 0.2) is 0 Å². The number of hydrogen-bond donors (Lipinski definition) is 2. The molecule has 5 heteroatoms. The van der Waals surface area contributed by atoms with E-state index in [2.05, 4.69) is 5.32 Å². The Labute approximate surface area is 113 Å². The minimum atomic E-state index is -0.105. The Morgan fingerprint density at radius 1 is 1.42 bits per heavy atom. The molecule has 5 nitrogen and oxygen atoms in total. The molecule has 1 rings (SSSR count). The van der Waals surface area contributed by atoms with Gasteiger partial charge in [0.1, 0.15) is 0 Å². The predicted molar refractivity (Wildman–Crippen MR) is 73.8 cm³/mol. The van der Waals surface area contributed by atoms with Crippen LogP contribution in [0.15, 0.2) is 29.2 Å². The van der Waals surface area contributed by atoms with Gasteiger partial charge in [-0.2, -0.15) is 0 Å². The molecule has 0 bridgehead atoms. The number of amides is 1. The Bertz CT molecular complexity index is 454. The summed E-state index contributed by atoms with van der Waals surface area (Å²) in [5, 5.41) is 11.8. The number of aliphatic hydroxyl groups excluding tert-OH is 1. The standard InChI is InChI=1S/C14H22N2O3/c1-11(2)12(7-10-17)15-13(18)6-9-16-8-4-3-5-14(16)19/h3-5,8,11-12,17H,6-7,9-10H2,1-2H3,(H,15,18). The summed E-state index contributed by atoms with van der Waals surface area (Å²) in [5.74, 6) is 0.179. The number of aryl methyl sites for hydroxylation is 1. The fourth-order valence-electron chi connectivity index (χ4n) is 1.86. The van der Waals surface area contributed by atoms with Crippen molar-refractivity contribution in [2.45, 2.75) is 39.3 Å². The second-order valence-corrected chi connectivity index (χ2v) is 4.91. The third-order valence-electron chi connectivity index (χ3n) is 3.07. The Morgan fingerprint density at radius 3 is 2.74 bits per heavy atom. The first-order valence-electron chi connectivity index (χ1n) is 6.60. The summed E-state index contributed by atoms with van der Waals surface area (Å²) < 4.78 is 1.51. The van der Waals surface area contributed by atoms with Crippen molar-refractivity contribution in [3.63, 3.8) is 0 Å². The van der Waals surface area contributed by atoms with Gasteiger partial charge in [-0.15, -0.1) is 0 Å². The molecule has 1 heterocycles. The molecule has 1 aromatic heterocycles. The van der Waals surface area contributed by atoms with E-state index in [4.69, 9.17) is 5.11 Å². The number of pyridine rings is 1. The van der Waals surface area contributed by atoms with Crippen LogP contribution in [0.3, 0.4) is 0 Å². The topological polar surface area (TPSA) is 71.3 Å². The largest absolute Gasteiger partial charge is 0.396 e. The Hall–Kier alpha value is -1.62. The van der Waals surface area contributed by atoms with Crippen molar-refractivity contribution in [3.05, 3.63) is 34.7 Å². The van der Waals surface area contributed by atoms with Crippen molar-refractivity contribution in [2.75, 3.05) is 6.61 Å². The molecule has 0 saturated carbocycles. The average molecular weight is 266 g/mol. The lowest BCUT2D eigenvalue weighted by Crippen LogP contribution is -2.39. The highest BCUT2D eigenvalue weighted by atomic mass is 16.3. The van der Waals surface area contributed by atoms with E-state index in [1.807, 2.05) is 13.8 Å². The molecule has 19 heavy (non-hydrogen) atoms. The highest BCUT2D eigenvalue weighted by Crippen LogP contribution is 2.05. The van der Waals surface area contributed by atoms with Crippen molar-refractivity contribution in [1.82, 2.24) is 9.88 Å². The molecule has 1 aromatic rings. The van der Waals surface area contributed by atoms with Gasteiger partial charge in [-0.05, 0) is 18.4 Å². The van der Waals surface area contributed by atoms with Gasteiger partial charge < -0.3 is 15.0 Å². The zero-order valence-electron chi connectivity index (χ0n) is 11.5. The van der Waals surface area contributed by atoms with Crippen LogP contribution in [0, 0.1) is 5.92 Å². The van der Waals surface area contributed by atoms with E-state index in [0.717, 1.165) is 0 Å². The molecule has 2 N–H and O–H groups in total. The molecule has 0 fully saturated rings. The first-order valence-corrected chi connectivity index (χ1v) is 6.60. The van der Waals surface area contributed by atoms with Gasteiger partial charge in [-0.1, -0.05) is 19.9 Å². The second-order valence-electron chi connectivity index (χ2n) is 4.91. The van der Waals surface area contributed by atoms with E-state index in [1.54, 1.807) is 18.3 Å². The van der Waals surface area contributed by atoms with Gasteiger partial charge >= 0.3 is 0 Å². The van der Waals surface area contributed by atoms with Gasteiger partial charge in [0.2, 0.25) is 5.91 Å². The minimum absolute atomic E-state index is 0.0232. The van der Waals surface area contributed by atoms with Gasteiger partial charge in [-0.3, -0.25) is 9.59 Å². The van der Waals surface area contributed by atoms with Crippen molar-refractivity contribution in [3.8, 4) is 0 Å². The zero-order valence-corrected chi connectivity index (χ0v) is 11.5. The zero-order chi connectivity index (χ0) is 14.3. The van der Waals surface area contributed by atoms with Crippen molar-refractivity contribution in [2.24, 2.45) is 5.92 Å². The van der Waals surface area contributed by atoms with Crippen molar-refractivity contribution < 1.29 is 9.90 Å². The molecule has 0 radical (unpaired) electrons. The summed E-state index contributed by atoms with van der Waals surface area (Å²) in [6.07, 6.45) is 2.48. The van der Waals surface area contributed by atoms with E-state index in [-0.39, 0.29) is 36.5 Å². The molecule has 1 unspecified atom stereocenters. The van der Waals surface area contributed by atoms with Gasteiger partial charge in [0, 0.05) is 37.9 Å². The summed E-state index contributed by atoms with van der Waals surface area (Å²) in [6, 6.07) is 4.89. The summed E-state index contributed by atoms with van der Waals surface area (Å²) in [4.78, 5) is 23.3. The molecule has 0 spiro atoms. The maximum atomic E-state index is 11.8. The average Bonchev–Trinajstić information content (AvgIpc) is 2.37. The lowest BCUT2D eigenvalue weighted by molar-refractivity contribution is -0.122. The smallest absolute Gasteiger partial charge is 0.250 e. The molecule has 1 atom stereocenters. The number of nitrogens with one attached hydrogen (secondary N) is 1.